The zero-order chi connectivity index (χ0) is 24.5. The van der Waals surface area contributed by atoms with E-state index < -0.39 is 0 Å². The van der Waals surface area contributed by atoms with Crippen molar-refractivity contribution in [3.8, 4) is 11.3 Å². The van der Waals surface area contributed by atoms with Crippen molar-refractivity contribution in [2.24, 2.45) is 10.7 Å². The van der Waals surface area contributed by atoms with E-state index in [2.05, 4.69) is 60.6 Å². The second kappa shape index (κ2) is 9.48. The molecule has 33 heavy (non-hydrogen) atoms. The topological polar surface area (TPSA) is 88.2 Å². The Bertz CT molecular complexity index is 1350. The van der Waals surface area contributed by atoms with E-state index in [0.717, 1.165) is 51.3 Å². The summed E-state index contributed by atoms with van der Waals surface area (Å²) in [4.78, 5) is 20.1. The number of halogens is 1. The van der Waals surface area contributed by atoms with E-state index in [1.807, 2.05) is 19.1 Å². The van der Waals surface area contributed by atoms with Crippen molar-refractivity contribution in [1.29, 1.82) is 0 Å². The number of H-pyrrole nitrogens is 1. The van der Waals surface area contributed by atoms with Crippen LogP contribution in [0.1, 0.15) is 64.0 Å². The third-order valence-electron chi connectivity index (χ3n) is 5.71. The lowest BCUT2D eigenvalue weighted by atomic mass is 10.1. The highest BCUT2D eigenvalue weighted by molar-refractivity contribution is 6.38. The quantitative estimate of drug-likeness (QED) is 0.489. The molecule has 0 spiro atoms. The Morgan fingerprint density at radius 1 is 1.30 bits per heavy atom. The van der Waals surface area contributed by atoms with Gasteiger partial charge in [-0.25, -0.2) is 4.99 Å². The van der Waals surface area contributed by atoms with Crippen LogP contribution in [-0.4, -0.2) is 28.7 Å². The summed E-state index contributed by atoms with van der Waals surface area (Å²) in [6.07, 6.45) is 5.54. The number of amides is 1. The Kier molecular flexibility index (Phi) is 7.08. The van der Waals surface area contributed by atoms with Crippen molar-refractivity contribution < 1.29 is 4.79 Å². The maximum atomic E-state index is 12.2. The lowest BCUT2D eigenvalue weighted by molar-refractivity contribution is 0.0963. The molecule has 3 aromatic rings. The van der Waals surface area contributed by atoms with Gasteiger partial charge in [-0.15, -0.1) is 0 Å². The van der Waals surface area contributed by atoms with E-state index in [0.29, 0.717) is 16.4 Å². The van der Waals surface area contributed by atoms with Gasteiger partial charge in [-0.3, -0.25) is 4.79 Å². The number of carbonyl (C=O) groups excluding carboxylic acids is 1. The number of nitrogens with one attached hydrogen (secondary N) is 2. The molecule has 0 aliphatic rings. The Hall–Kier alpha value is -2.99. The molecular formula is C26H34ClN5O. The molecule has 0 fully saturated rings. The molecule has 3 rings (SSSR count). The first kappa shape index (κ1) is 24.6. The van der Waals surface area contributed by atoms with Crippen LogP contribution in [0.3, 0.4) is 0 Å². The molecule has 2 aromatic heterocycles. The van der Waals surface area contributed by atoms with Gasteiger partial charge in [0.25, 0.3) is 5.91 Å². The number of aromatic amines is 1. The Balaban J connectivity index is 2.56. The van der Waals surface area contributed by atoms with Crippen molar-refractivity contribution in [2.45, 2.75) is 59.9 Å². The minimum absolute atomic E-state index is 0.146. The van der Waals surface area contributed by atoms with Gasteiger partial charge in [0.05, 0.1) is 15.9 Å². The molecule has 0 saturated heterocycles. The molecule has 2 heterocycles. The highest BCUT2D eigenvalue weighted by Gasteiger charge is 2.26. The van der Waals surface area contributed by atoms with Gasteiger partial charge in [0, 0.05) is 51.9 Å². The minimum atomic E-state index is -0.180. The van der Waals surface area contributed by atoms with Gasteiger partial charge in [-0.1, -0.05) is 37.6 Å². The minimum Gasteiger partial charge on any atom is -0.383 e. The summed E-state index contributed by atoms with van der Waals surface area (Å²) < 4.78 is 2.34. The van der Waals surface area contributed by atoms with Crippen molar-refractivity contribution in [2.75, 3.05) is 7.05 Å². The number of hydrogen-bond donors (Lipinski definition) is 3. The fourth-order valence-electron chi connectivity index (χ4n) is 4.48. The van der Waals surface area contributed by atoms with Gasteiger partial charge in [0.1, 0.15) is 5.82 Å². The van der Waals surface area contributed by atoms with E-state index >= 15 is 0 Å². The van der Waals surface area contributed by atoms with Crippen LogP contribution >= 0.6 is 11.6 Å². The van der Waals surface area contributed by atoms with Crippen LogP contribution in [0.2, 0.25) is 5.02 Å². The number of nitrogens with two attached hydrogens (primary N) is 1. The molecular weight excluding hydrogens is 434 g/mol. The third kappa shape index (κ3) is 4.32. The molecule has 6 nitrogen and oxygen atoms in total. The number of aliphatic imine (C=N–C) groups is 1. The zero-order valence-corrected chi connectivity index (χ0v) is 21.3. The van der Waals surface area contributed by atoms with Gasteiger partial charge < -0.3 is 20.6 Å². The molecule has 0 unspecified atom stereocenters. The molecule has 1 amide bonds. The molecule has 4 N–H and O–H groups in total. The highest BCUT2D eigenvalue weighted by Crippen LogP contribution is 2.36. The van der Waals surface area contributed by atoms with Crippen LogP contribution in [-0.2, 0) is 12.0 Å². The normalized spacial score (nSPS) is 13.9. The molecule has 0 aliphatic heterocycles. The highest BCUT2D eigenvalue weighted by atomic mass is 35.5. The van der Waals surface area contributed by atoms with Gasteiger partial charge in [-0.2, -0.15) is 0 Å². The van der Waals surface area contributed by atoms with Crippen LogP contribution < -0.4 is 21.6 Å². The van der Waals surface area contributed by atoms with E-state index in [1.165, 1.54) is 0 Å². The molecule has 0 aliphatic carbocycles. The second-order valence-electron chi connectivity index (χ2n) is 8.98. The first-order valence-electron chi connectivity index (χ1n) is 11.4. The van der Waals surface area contributed by atoms with E-state index in [4.69, 9.17) is 17.3 Å². The van der Waals surface area contributed by atoms with Crippen molar-refractivity contribution >= 4 is 46.5 Å². The number of carbonyl (C=O) groups is 1. The molecule has 0 radical (unpaired) electrons. The summed E-state index contributed by atoms with van der Waals surface area (Å²) in [6.45, 7) is 12.7. The predicted octanol–water partition coefficient (Wildman–Crippen LogP) is 4.27. The average Bonchev–Trinajstić information content (AvgIpc) is 3.27. The van der Waals surface area contributed by atoms with Crippen LogP contribution in [0.5, 0.6) is 0 Å². The summed E-state index contributed by atoms with van der Waals surface area (Å²) in [6, 6.07) is 5.49. The number of rotatable bonds is 5. The van der Waals surface area contributed by atoms with E-state index in [-0.39, 0.29) is 11.4 Å². The lowest BCUT2D eigenvalue weighted by Gasteiger charge is -2.25. The first-order valence-corrected chi connectivity index (χ1v) is 11.7. The summed E-state index contributed by atoms with van der Waals surface area (Å²) in [5.41, 5.74) is 10.6. The van der Waals surface area contributed by atoms with Gasteiger partial charge in [0.15, 0.2) is 0 Å². The number of aromatic nitrogens is 2. The number of benzene rings is 1. The lowest BCUT2D eigenvalue weighted by Crippen LogP contribution is -2.40. The van der Waals surface area contributed by atoms with Gasteiger partial charge >= 0.3 is 0 Å². The van der Waals surface area contributed by atoms with E-state index in [1.54, 1.807) is 19.3 Å². The SMILES string of the molecule is C\C=N/C(N)=c1/c(-c2[nH]c3cc(C(=O)NC)ccc3c2Cl)c(CC)n(C(C)(C)C)/c1=C\CC. The fourth-order valence-corrected chi connectivity index (χ4v) is 4.79. The van der Waals surface area contributed by atoms with Crippen LogP contribution in [0, 0.1) is 0 Å². The summed E-state index contributed by atoms with van der Waals surface area (Å²) >= 11 is 6.95. The first-order chi connectivity index (χ1) is 15.6. The summed E-state index contributed by atoms with van der Waals surface area (Å²) in [5, 5.41) is 6.05. The van der Waals surface area contributed by atoms with Crippen LogP contribution in [0.4, 0.5) is 0 Å². The molecule has 0 bridgehead atoms. The maximum Gasteiger partial charge on any atom is 0.251 e. The third-order valence-corrected chi connectivity index (χ3v) is 6.10. The standard InChI is InChI=1S/C26H34ClN5O/c1-8-11-19-21(24(28)30-10-3)20(18(9-2)32(19)26(4,5)6)23-22(27)16-13-12-15(25(33)29-7)14-17(16)31-23/h10-14,31H,8-9,28H2,1-7H3,(H,29,33)/b19-11-,24-21+,30-10-. The predicted molar refractivity (Wildman–Crippen MR) is 140 cm³/mol. The fraction of sp³-hybridized carbons (Fsp3) is 0.385. The van der Waals surface area contributed by atoms with Crippen molar-refractivity contribution in [3.63, 3.8) is 0 Å². The average molecular weight is 468 g/mol. The van der Waals surface area contributed by atoms with Crippen molar-refractivity contribution in [3.05, 3.63) is 45.0 Å². The summed E-state index contributed by atoms with van der Waals surface area (Å²) in [7, 11) is 1.62. The number of fused-ring (bicyclic) bond motifs is 1. The summed E-state index contributed by atoms with van der Waals surface area (Å²) in [5.74, 6) is 0.304. The molecule has 0 atom stereocenters. The van der Waals surface area contributed by atoms with Gasteiger partial charge in [-0.05, 0) is 52.7 Å². The molecule has 176 valence electrons. The zero-order valence-electron chi connectivity index (χ0n) is 20.6. The second-order valence-corrected chi connectivity index (χ2v) is 9.36. The van der Waals surface area contributed by atoms with Crippen LogP contribution in [0.25, 0.3) is 34.1 Å². The Labute approximate surface area is 200 Å². The number of nitrogens with zero attached hydrogens (tertiary/aromatic N) is 2. The Morgan fingerprint density at radius 2 is 2.00 bits per heavy atom. The largest absolute Gasteiger partial charge is 0.383 e. The monoisotopic (exact) mass is 467 g/mol. The van der Waals surface area contributed by atoms with E-state index in [9.17, 15) is 4.79 Å². The molecule has 1 aromatic carbocycles. The number of hydrogen-bond acceptors (Lipinski definition) is 3. The maximum absolute atomic E-state index is 12.2. The van der Waals surface area contributed by atoms with Crippen LogP contribution in [0.15, 0.2) is 23.2 Å². The smallest absolute Gasteiger partial charge is 0.251 e. The van der Waals surface area contributed by atoms with Gasteiger partial charge in [0.2, 0.25) is 0 Å². The molecule has 0 saturated carbocycles. The molecule has 7 heteroatoms. The Morgan fingerprint density at radius 3 is 2.55 bits per heavy atom. The van der Waals surface area contributed by atoms with Crippen molar-refractivity contribution in [1.82, 2.24) is 14.9 Å².